The van der Waals surface area contributed by atoms with Crippen molar-refractivity contribution in [2.24, 2.45) is 0 Å². The Morgan fingerprint density at radius 1 is 1.44 bits per heavy atom. The average Bonchev–Trinajstić information content (AvgIpc) is 2.30. The zero-order valence-corrected chi connectivity index (χ0v) is 10.00. The van der Waals surface area contributed by atoms with Gasteiger partial charge in [-0.05, 0) is 25.5 Å². The van der Waals surface area contributed by atoms with Crippen LogP contribution in [0.15, 0.2) is 29.8 Å². The third-order valence-corrected chi connectivity index (χ3v) is 3.20. The molecule has 0 N–H and O–H groups in total. The second-order valence-electron chi connectivity index (χ2n) is 4.04. The van der Waals surface area contributed by atoms with Gasteiger partial charge in [-0.1, -0.05) is 29.3 Å². The summed E-state index contributed by atoms with van der Waals surface area (Å²) in [5.41, 5.74) is 2.93. The van der Waals surface area contributed by atoms with Crippen LogP contribution in [0, 0.1) is 0 Å². The summed E-state index contributed by atoms with van der Waals surface area (Å²) in [6.07, 6.45) is 4.08. The highest BCUT2D eigenvalue weighted by atomic mass is 35.5. The predicted octanol–water partition coefficient (Wildman–Crippen LogP) is 3.31. The smallest absolute Gasteiger partial charge is 0.152 e. The van der Waals surface area contributed by atoms with Crippen molar-refractivity contribution in [2.45, 2.75) is 13.3 Å². The van der Waals surface area contributed by atoms with Crippen molar-refractivity contribution < 1.29 is 4.79 Å². The molecule has 3 heteroatoms. The number of carbonyl (C=O) groups excluding carboxylic acids is 1. The maximum absolute atomic E-state index is 11.0. The van der Waals surface area contributed by atoms with Gasteiger partial charge in [0.05, 0.1) is 10.7 Å². The van der Waals surface area contributed by atoms with Gasteiger partial charge in [-0.2, -0.15) is 0 Å². The lowest BCUT2D eigenvalue weighted by Crippen LogP contribution is -2.29. The molecule has 84 valence electrons. The van der Waals surface area contributed by atoms with Gasteiger partial charge in [0.2, 0.25) is 0 Å². The molecule has 0 unspecified atom stereocenters. The standard InChI is InChI=1S/C13H14ClNO/c1-10-5-7-15(8-6-10)13-11(9-16)3-2-4-12(13)14/h2-5,9H,6-8H2,1H3. The Bertz CT molecular complexity index is 440. The number of halogens is 1. The van der Waals surface area contributed by atoms with E-state index < -0.39 is 0 Å². The van der Waals surface area contributed by atoms with Gasteiger partial charge < -0.3 is 4.90 Å². The second-order valence-corrected chi connectivity index (χ2v) is 4.45. The summed E-state index contributed by atoms with van der Waals surface area (Å²) in [5, 5.41) is 0.651. The number of hydrogen-bond acceptors (Lipinski definition) is 2. The van der Waals surface area contributed by atoms with Crippen LogP contribution in [0.4, 0.5) is 5.69 Å². The van der Waals surface area contributed by atoms with Gasteiger partial charge >= 0.3 is 0 Å². The summed E-state index contributed by atoms with van der Waals surface area (Å²) in [6, 6.07) is 5.44. The molecule has 0 spiro atoms. The molecule has 0 bridgehead atoms. The fourth-order valence-electron chi connectivity index (χ4n) is 1.93. The molecule has 0 radical (unpaired) electrons. The number of aldehydes is 1. The van der Waals surface area contributed by atoms with Crippen molar-refractivity contribution in [1.82, 2.24) is 0 Å². The van der Waals surface area contributed by atoms with Gasteiger partial charge in [0.1, 0.15) is 0 Å². The largest absolute Gasteiger partial charge is 0.366 e. The highest BCUT2D eigenvalue weighted by Crippen LogP contribution is 2.30. The average molecular weight is 236 g/mol. The number of nitrogens with zero attached hydrogens (tertiary/aromatic N) is 1. The summed E-state index contributed by atoms with van der Waals surface area (Å²) in [5.74, 6) is 0. The van der Waals surface area contributed by atoms with Crippen LogP contribution < -0.4 is 4.90 Å². The highest BCUT2D eigenvalue weighted by Gasteiger charge is 2.16. The number of para-hydroxylation sites is 1. The van der Waals surface area contributed by atoms with Crippen LogP contribution in [0.1, 0.15) is 23.7 Å². The van der Waals surface area contributed by atoms with Gasteiger partial charge in [-0.25, -0.2) is 0 Å². The van der Waals surface area contributed by atoms with Crippen LogP contribution in [-0.2, 0) is 0 Å². The molecule has 0 saturated heterocycles. The van der Waals surface area contributed by atoms with Crippen LogP contribution in [0.3, 0.4) is 0 Å². The van der Waals surface area contributed by atoms with Crippen LogP contribution in [0.5, 0.6) is 0 Å². The Kier molecular flexibility index (Phi) is 3.30. The first kappa shape index (κ1) is 11.2. The fraction of sp³-hybridized carbons (Fsp3) is 0.308. The van der Waals surface area contributed by atoms with Crippen molar-refractivity contribution in [2.75, 3.05) is 18.0 Å². The normalized spacial score (nSPS) is 15.9. The molecule has 1 aromatic carbocycles. The summed E-state index contributed by atoms with van der Waals surface area (Å²) < 4.78 is 0. The fourth-order valence-corrected chi connectivity index (χ4v) is 2.24. The summed E-state index contributed by atoms with van der Waals surface area (Å²) in [7, 11) is 0. The first-order chi connectivity index (χ1) is 7.72. The topological polar surface area (TPSA) is 20.3 Å². The van der Waals surface area contributed by atoms with Gasteiger partial charge in [-0.3, -0.25) is 4.79 Å². The lowest BCUT2D eigenvalue weighted by Gasteiger charge is -2.29. The Labute approximate surface area is 101 Å². The van der Waals surface area contributed by atoms with Crippen LogP contribution in [0.2, 0.25) is 5.02 Å². The lowest BCUT2D eigenvalue weighted by molar-refractivity contribution is 0.112. The molecule has 0 aliphatic carbocycles. The minimum atomic E-state index is 0.651. The van der Waals surface area contributed by atoms with E-state index in [-0.39, 0.29) is 0 Å². The Hall–Kier alpha value is -1.28. The molecule has 1 aliphatic heterocycles. The van der Waals surface area contributed by atoms with Crippen molar-refractivity contribution in [3.05, 3.63) is 40.4 Å². The SMILES string of the molecule is CC1=CCN(c2c(Cl)cccc2C=O)CC1. The number of hydrogen-bond donors (Lipinski definition) is 0. The van der Waals surface area contributed by atoms with Crippen molar-refractivity contribution >= 4 is 23.6 Å². The first-order valence-corrected chi connectivity index (χ1v) is 5.74. The van der Waals surface area contributed by atoms with E-state index >= 15 is 0 Å². The van der Waals surface area contributed by atoms with E-state index in [1.54, 1.807) is 12.1 Å². The third-order valence-electron chi connectivity index (χ3n) is 2.90. The molecular formula is C13H14ClNO. The summed E-state index contributed by atoms with van der Waals surface area (Å²) in [6.45, 7) is 3.88. The first-order valence-electron chi connectivity index (χ1n) is 5.36. The molecule has 1 aliphatic rings. The molecule has 16 heavy (non-hydrogen) atoms. The van der Waals surface area contributed by atoms with E-state index in [1.807, 2.05) is 6.07 Å². The van der Waals surface area contributed by atoms with E-state index in [1.165, 1.54) is 5.57 Å². The zero-order valence-electron chi connectivity index (χ0n) is 9.24. The van der Waals surface area contributed by atoms with E-state index in [2.05, 4.69) is 17.9 Å². The predicted molar refractivity (Wildman–Crippen MR) is 67.4 cm³/mol. The van der Waals surface area contributed by atoms with Crippen LogP contribution in [-0.4, -0.2) is 19.4 Å². The molecule has 0 atom stereocenters. The summed E-state index contributed by atoms with van der Waals surface area (Å²) in [4.78, 5) is 13.1. The van der Waals surface area contributed by atoms with Gasteiger partial charge in [0, 0.05) is 18.7 Å². The lowest BCUT2D eigenvalue weighted by atomic mass is 10.1. The minimum Gasteiger partial charge on any atom is -0.366 e. The maximum atomic E-state index is 11.0. The molecule has 1 heterocycles. The van der Waals surface area contributed by atoms with Gasteiger partial charge in [-0.15, -0.1) is 0 Å². The zero-order chi connectivity index (χ0) is 11.5. The Morgan fingerprint density at radius 3 is 2.88 bits per heavy atom. The molecule has 1 aromatic rings. The van der Waals surface area contributed by atoms with E-state index in [0.717, 1.165) is 31.5 Å². The molecule has 2 nitrogen and oxygen atoms in total. The number of benzene rings is 1. The Morgan fingerprint density at radius 2 is 2.25 bits per heavy atom. The summed E-state index contributed by atoms with van der Waals surface area (Å²) >= 11 is 6.16. The molecule has 0 fully saturated rings. The van der Waals surface area contributed by atoms with E-state index in [9.17, 15) is 4.79 Å². The molecule has 2 rings (SSSR count). The highest BCUT2D eigenvalue weighted by molar-refractivity contribution is 6.33. The number of rotatable bonds is 2. The van der Waals surface area contributed by atoms with Crippen LogP contribution >= 0.6 is 11.6 Å². The van der Waals surface area contributed by atoms with Crippen molar-refractivity contribution in [3.63, 3.8) is 0 Å². The molecule has 0 aromatic heterocycles. The molecular weight excluding hydrogens is 222 g/mol. The monoisotopic (exact) mass is 235 g/mol. The minimum absolute atomic E-state index is 0.651. The van der Waals surface area contributed by atoms with Crippen molar-refractivity contribution in [3.8, 4) is 0 Å². The van der Waals surface area contributed by atoms with E-state index in [4.69, 9.17) is 11.6 Å². The molecule has 0 saturated carbocycles. The van der Waals surface area contributed by atoms with Gasteiger partial charge in [0.25, 0.3) is 0 Å². The Balaban J connectivity index is 2.36. The number of carbonyl (C=O) groups is 1. The van der Waals surface area contributed by atoms with Crippen molar-refractivity contribution in [1.29, 1.82) is 0 Å². The van der Waals surface area contributed by atoms with Crippen LogP contribution in [0.25, 0.3) is 0 Å². The number of anilines is 1. The maximum Gasteiger partial charge on any atom is 0.152 e. The van der Waals surface area contributed by atoms with E-state index in [0.29, 0.717) is 10.6 Å². The quantitative estimate of drug-likeness (QED) is 0.579. The second kappa shape index (κ2) is 4.71. The van der Waals surface area contributed by atoms with Gasteiger partial charge in [0.15, 0.2) is 6.29 Å². The third kappa shape index (κ3) is 2.12. The molecule has 0 amide bonds.